The van der Waals surface area contributed by atoms with E-state index in [2.05, 4.69) is 5.32 Å². The molecule has 36 heavy (non-hydrogen) atoms. The lowest BCUT2D eigenvalue weighted by molar-refractivity contribution is -0.136. The number of carbonyl (C=O) groups excluding carboxylic acids is 2. The van der Waals surface area contributed by atoms with Gasteiger partial charge in [-0.1, -0.05) is 36.4 Å². The van der Waals surface area contributed by atoms with E-state index in [9.17, 15) is 14.7 Å². The molecule has 2 aliphatic heterocycles. The molecule has 0 radical (unpaired) electrons. The van der Waals surface area contributed by atoms with Crippen molar-refractivity contribution in [3.8, 4) is 5.75 Å². The van der Waals surface area contributed by atoms with Gasteiger partial charge in [-0.15, -0.1) is 0 Å². The summed E-state index contributed by atoms with van der Waals surface area (Å²) in [4.78, 5) is 28.2. The molecule has 2 heterocycles. The van der Waals surface area contributed by atoms with Gasteiger partial charge in [0.2, 0.25) is 0 Å². The number of nitrogens with zero attached hydrogens (tertiary/aromatic N) is 1. The molecule has 0 saturated carbocycles. The van der Waals surface area contributed by atoms with E-state index in [1.54, 1.807) is 0 Å². The summed E-state index contributed by atoms with van der Waals surface area (Å²) in [5.41, 5.74) is 6.56. The van der Waals surface area contributed by atoms with Gasteiger partial charge in [-0.25, -0.2) is 4.79 Å². The van der Waals surface area contributed by atoms with Gasteiger partial charge >= 0.3 is 5.97 Å². The molecule has 190 valence electrons. The van der Waals surface area contributed by atoms with Crippen LogP contribution in [0.4, 0.5) is 0 Å². The van der Waals surface area contributed by atoms with Gasteiger partial charge < -0.3 is 19.9 Å². The van der Waals surface area contributed by atoms with Crippen molar-refractivity contribution in [3.63, 3.8) is 0 Å². The summed E-state index contributed by atoms with van der Waals surface area (Å²) >= 11 is 0. The molecule has 0 amide bonds. The summed E-state index contributed by atoms with van der Waals surface area (Å²) in [6.45, 7) is 8.85. The predicted octanol–water partition coefficient (Wildman–Crippen LogP) is 3.32. The number of dihydropyridines is 1. The quantitative estimate of drug-likeness (QED) is 0.576. The lowest BCUT2D eigenvalue weighted by Gasteiger charge is -2.38. The average Bonchev–Trinajstić information content (AvgIpc) is 2.84. The van der Waals surface area contributed by atoms with Crippen LogP contribution in [-0.4, -0.2) is 61.2 Å². The second-order valence-corrected chi connectivity index (χ2v) is 9.59. The van der Waals surface area contributed by atoms with Crippen molar-refractivity contribution in [2.75, 3.05) is 33.4 Å². The Morgan fingerprint density at radius 1 is 1.08 bits per heavy atom. The van der Waals surface area contributed by atoms with Gasteiger partial charge in [-0.2, -0.15) is 0 Å². The molecular formula is C29H34N2O5. The number of Topliss-reactive ketones (excluding diaryl/α,β-unsaturated/α-hetero) is 1. The number of allylic oxidation sites excluding steroid dienone is 1. The van der Waals surface area contributed by atoms with E-state index >= 15 is 0 Å². The first kappa shape index (κ1) is 25.7. The first-order valence-corrected chi connectivity index (χ1v) is 12.2. The van der Waals surface area contributed by atoms with Crippen molar-refractivity contribution in [1.29, 1.82) is 0 Å². The third-order valence-corrected chi connectivity index (χ3v) is 7.05. The first-order valence-electron chi connectivity index (χ1n) is 12.2. The topological polar surface area (TPSA) is 88.1 Å². The summed E-state index contributed by atoms with van der Waals surface area (Å²) in [5.74, 6) is -0.274. The standard InChI is InChI=1S/C29H34N2O5/c1-17-10-8-12-25(19(17)3)36-16-21(32)13-31-14-23-28(24(33)15-31)27(22-11-7-6-9-18(22)2)26(20(4)30-23)29(34)35-5/h6-12,21,27,30,32H,13-16H2,1-5H3. The Hall–Kier alpha value is -3.42. The second-order valence-electron chi connectivity index (χ2n) is 9.59. The van der Waals surface area contributed by atoms with Crippen LogP contribution in [0.2, 0.25) is 0 Å². The van der Waals surface area contributed by atoms with Crippen LogP contribution in [0.3, 0.4) is 0 Å². The van der Waals surface area contributed by atoms with Crippen molar-refractivity contribution >= 4 is 11.8 Å². The van der Waals surface area contributed by atoms with Gasteiger partial charge in [0.25, 0.3) is 0 Å². The van der Waals surface area contributed by atoms with E-state index in [1.807, 2.05) is 75.1 Å². The summed E-state index contributed by atoms with van der Waals surface area (Å²) in [5, 5.41) is 14.0. The van der Waals surface area contributed by atoms with Crippen LogP contribution in [0.15, 0.2) is 65.0 Å². The number of benzene rings is 2. The second kappa shape index (κ2) is 10.7. The van der Waals surface area contributed by atoms with Crippen LogP contribution in [0.1, 0.15) is 35.1 Å². The number of ketones is 1. The molecule has 2 unspecified atom stereocenters. The zero-order chi connectivity index (χ0) is 26.0. The van der Waals surface area contributed by atoms with Crippen molar-refractivity contribution < 1.29 is 24.2 Å². The Morgan fingerprint density at radius 3 is 2.53 bits per heavy atom. The highest BCUT2D eigenvalue weighted by atomic mass is 16.5. The Balaban J connectivity index is 1.55. The van der Waals surface area contributed by atoms with Crippen molar-refractivity contribution in [2.24, 2.45) is 0 Å². The lowest BCUT2D eigenvalue weighted by Crippen LogP contribution is -2.48. The fourth-order valence-electron chi connectivity index (χ4n) is 5.07. The SMILES string of the molecule is COC(=O)C1=C(C)NC2=C(C(=O)CN(CC(O)COc3cccc(C)c3C)C2)C1c1ccccc1C. The van der Waals surface area contributed by atoms with Crippen LogP contribution in [-0.2, 0) is 14.3 Å². The van der Waals surface area contributed by atoms with Crippen LogP contribution in [0, 0.1) is 20.8 Å². The van der Waals surface area contributed by atoms with Gasteiger partial charge in [0, 0.05) is 36.0 Å². The smallest absolute Gasteiger partial charge is 0.336 e. The summed E-state index contributed by atoms with van der Waals surface area (Å²) in [6.07, 6.45) is -0.766. The maximum Gasteiger partial charge on any atom is 0.336 e. The molecule has 0 aromatic heterocycles. The highest BCUT2D eigenvalue weighted by Crippen LogP contribution is 2.41. The van der Waals surface area contributed by atoms with E-state index in [0.717, 1.165) is 33.7 Å². The normalized spacial score (nSPS) is 19.1. The Morgan fingerprint density at radius 2 is 1.81 bits per heavy atom. The van der Waals surface area contributed by atoms with Crippen LogP contribution < -0.4 is 10.1 Å². The molecule has 7 heteroatoms. The van der Waals surface area contributed by atoms with Crippen molar-refractivity contribution in [3.05, 3.63) is 87.3 Å². The lowest BCUT2D eigenvalue weighted by atomic mass is 9.76. The third-order valence-electron chi connectivity index (χ3n) is 7.05. The number of aryl methyl sites for hydroxylation is 2. The molecule has 0 fully saturated rings. The first-order chi connectivity index (χ1) is 17.2. The zero-order valence-corrected chi connectivity index (χ0v) is 21.6. The molecule has 2 aliphatic rings. The van der Waals surface area contributed by atoms with Gasteiger partial charge in [0.1, 0.15) is 18.5 Å². The van der Waals surface area contributed by atoms with Gasteiger partial charge in [-0.05, 0) is 56.0 Å². The van der Waals surface area contributed by atoms with E-state index in [-0.39, 0.29) is 25.5 Å². The Labute approximate surface area is 212 Å². The molecule has 4 rings (SSSR count). The van der Waals surface area contributed by atoms with Crippen LogP contribution in [0.5, 0.6) is 5.75 Å². The fraction of sp³-hybridized carbons (Fsp3) is 0.379. The number of hydrogen-bond donors (Lipinski definition) is 2. The van der Waals surface area contributed by atoms with Gasteiger partial charge in [-0.3, -0.25) is 9.69 Å². The van der Waals surface area contributed by atoms with Gasteiger partial charge in [0.15, 0.2) is 5.78 Å². The molecule has 2 N–H and O–H groups in total. The number of methoxy groups -OCH3 is 1. The highest BCUT2D eigenvalue weighted by Gasteiger charge is 2.41. The molecule has 0 aliphatic carbocycles. The predicted molar refractivity (Wildman–Crippen MR) is 138 cm³/mol. The van der Waals surface area contributed by atoms with Crippen molar-refractivity contribution in [2.45, 2.75) is 39.7 Å². The summed E-state index contributed by atoms with van der Waals surface area (Å²) in [7, 11) is 1.35. The molecular weight excluding hydrogens is 456 g/mol. The molecule has 2 aromatic rings. The van der Waals surface area contributed by atoms with Crippen LogP contribution in [0.25, 0.3) is 0 Å². The van der Waals surface area contributed by atoms with Crippen LogP contribution >= 0.6 is 0 Å². The molecule has 0 bridgehead atoms. The molecule has 0 saturated heterocycles. The van der Waals surface area contributed by atoms with E-state index in [1.165, 1.54) is 7.11 Å². The molecule has 7 nitrogen and oxygen atoms in total. The number of aliphatic hydroxyl groups excluding tert-OH is 1. The minimum absolute atomic E-state index is 0.0754. The molecule has 2 atom stereocenters. The number of rotatable bonds is 7. The number of carbonyl (C=O) groups is 2. The number of ether oxygens (including phenoxy) is 2. The number of hydrogen-bond acceptors (Lipinski definition) is 7. The van der Waals surface area contributed by atoms with E-state index in [0.29, 0.717) is 23.4 Å². The summed E-state index contributed by atoms with van der Waals surface area (Å²) < 4.78 is 11.0. The minimum atomic E-state index is -0.766. The number of nitrogens with one attached hydrogen (secondary N) is 1. The van der Waals surface area contributed by atoms with E-state index < -0.39 is 18.0 Å². The summed E-state index contributed by atoms with van der Waals surface area (Å²) in [6, 6.07) is 13.6. The molecule has 0 spiro atoms. The largest absolute Gasteiger partial charge is 0.491 e. The number of β-amino-alcohol motifs (C(OH)–C–C–N with tert-alkyl or cyclic N) is 1. The number of esters is 1. The Bertz CT molecular complexity index is 1250. The van der Waals surface area contributed by atoms with Gasteiger partial charge in [0.05, 0.1) is 19.2 Å². The maximum absolute atomic E-state index is 13.5. The van der Waals surface area contributed by atoms with Crippen molar-refractivity contribution in [1.82, 2.24) is 10.2 Å². The monoisotopic (exact) mass is 490 g/mol. The average molecular weight is 491 g/mol. The minimum Gasteiger partial charge on any atom is -0.491 e. The third kappa shape index (κ3) is 5.08. The highest BCUT2D eigenvalue weighted by molar-refractivity contribution is 6.04. The zero-order valence-electron chi connectivity index (χ0n) is 21.6. The number of aliphatic hydroxyl groups is 1. The Kier molecular flexibility index (Phi) is 7.62. The maximum atomic E-state index is 13.5. The fourth-order valence-corrected chi connectivity index (χ4v) is 5.07. The van der Waals surface area contributed by atoms with E-state index in [4.69, 9.17) is 9.47 Å². The molecule has 2 aromatic carbocycles.